The zero-order valence-corrected chi connectivity index (χ0v) is 13.0. The summed E-state index contributed by atoms with van der Waals surface area (Å²) in [4.78, 5) is 14.3. The van der Waals surface area contributed by atoms with E-state index in [1.165, 1.54) is 0 Å². The van der Waals surface area contributed by atoms with E-state index in [1.807, 2.05) is 27.7 Å². The number of hydrogen-bond acceptors (Lipinski definition) is 2. The molecule has 0 radical (unpaired) electrons. The Bertz CT molecular complexity index is 514. The Hall–Kier alpha value is -0.930. The average Bonchev–Trinajstić information content (AvgIpc) is 2.29. The maximum atomic E-state index is 12.6. The van der Waals surface area contributed by atoms with Crippen molar-refractivity contribution in [3.63, 3.8) is 0 Å². The van der Waals surface area contributed by atoms with Crippen molar-refractivity contribution in [3.05, 3.63) is 22.2 Å². The zero-order chi connectivity index (χ0) is 14.3. The summed E-state index contributed by atoms with van der Waals surface area (Å²) < 4.78 is 0. The molecule has 104 valence electrons. The molecule has 0 saturated heterocycles. The summed E-state index contributed by atoms with van der Waals surface area (Å²) in [6.07, 6.45) is 0. The SMILES string of the molecule is CC(C)C1Nc2cc(Cl)c(Cl)cc2N(C(C)C)C1=O. The maximum Gasteiger partial charge on any atom is 0.250 e. The van der Waals surface area contributed by atoms with Gasteiger partial charge in [0.15, 0.2) is 0 Å². The minimum atomic E-state index is -0.229. The fraction of sp³-hybridized carbons (Fsp3) is 0.500. The molecule has 3 nitrogen and oxygen atoms in total. The molecule has 0 aliphatic carbocycles. The number of benzene rings is 1. The number of nitrogens with zero attached hydrogens (tertiary/aromatic N) is 1. The van der Waals surface area contributed by atoms with Crippen molar-refractivity contribution in [2.45, 2.75) is 39.8 Å². The van der Waals surface area contributed by atoms with E-state index in [9.17, 15) is 4.79 Å². The molecule has 19 heavy (non-hydrogen) atoms. The zero-order valence-electron chi connectivity index (χ0n) is 11.5. The molecule has 0 saturated carbocycles. The Kier molecular flexibility index (Phi) is 3.98. The molecule has 1 aromatic carbocycles. The van der Waals surface area contributed by atoms with Crippen molar-refractivity contribution in [2.24, 2.45) is 5.92 Å². The van der Waals surface area contributed by atoms with E-state index in [0.717, 1.165) is 11.4 Å². The summed E-state index contributed by atoms with van der Waals surface area (Å²) in [5.41, 5.74) is 1.66. The molecule has 0 bridgehead atoms. The lowest BCUT2D eigenvalue weighted by atomic mass is 9.98. The third-order valence-corrected chi connectivity index (χ3v) is 4.02. The molecule has 1 aromatic rings. The molecule has 0 aromatic heterocycles. The van der Waals surface area contributed by atoms with Gasteiger partial charge in [0.05, 0.1) is 21.4 Å². The second-order valence-corrected chi connectivity index (χ2v) is 6.27. The first kappa shape index (κ1) is 14.5. The summed E-state index contributed by atoms with van der Waals surface area (Å²) in [7, 11) is 0. The average molecular weight is 301 g/mol. The van der Waals surface area contributed by atoms with Crippen LogP contribution in [0.3, 0.4) is 0 Å². The number of rotatable bonds is 2. The molecule has 1 aliphatic heterocycles. The van der Waals surface area contributed by atoms with Crippen LogP contribution in [-0.2, 0) is 4.79 Å². The number of amides is 1. The Balaban J connectivity index is 2.56. The van der Waals surface area contributed by atoms with Gasteiger partial charge in [-0.05, 0) is 31.9 Å². The molecule has 1 N–H and O–H groups in total. The van der Waals surface area contributed by atoms with E-state index in [2.05, 4.69) is 5.32 Å². The Morgan fingerprint density at radius 2 is 1.74 bits per heavy atom. The summed E-state index contributed by atoms with van der Waals surface area (Å²) >= 11 is 12.1. The minimum Gasteiger partial charge on any atom is -0.372 e. The molecule has 0 fully saturated rings. The maximum absolute atomic E-state index is 12.6. The monoisotopic (exact) mass is 300 g/mol. The van der Waals surface area contributed by atoms with Gasteiger partial charge in [-0.25, -0.2) is 0 Å². The number of fused-ring (bicyclic) bond motifs is 1. The van der Waals surface area contributed by atoms with E-state index < -0.39 is 0 Å². The smallest absolute Gasteiger partial charge is 0.250 e. The van der Waals surface area contributed by atoms with Gasteiger partial charge in [-0.2, -0.15) is 0 Å². The van der Waals surface area contributed by atoms with Crippen molar-refractivity contribution in [2.75, 3.05) is 10.2 Å². The molecular formula is C14H18Cl2N2O. The standard InChI is InChI=1S/C14H18Cl2N2O/c1-7(2)13-14(19)18(8(3)4)12-6-10(16)9(15)5-11(12)17-13/h5-8,13,17H,1-4H3. The Labute approximate surface area is 123 Å². The predicted molar refractivity (Wildman–Crippen MR) is 81.3 cm³/mol. The molecule has 0 spiro atoms. The number of nitrogens with one attached hydrogen (secondary N) is 1. The van der Waals surface area contributed by atoms with Crippen molar-refractivity contribution >= 4 is 40.5 Å². The summed E-state index contributed by atoms with van der Waals surface area (Å²) in [5.74, 6) is 0.284. The lowest BCUT2D eigenvalue weighted by Crippen LogP contribution is -2.52. The van der Waals surface area contributed by atoms with Gasteiger partial charge < -0.3 is 10.2 Å². The van der Waals surface area contributed by atoms with Gasteiger partial charge in [0, 0.05) is 6.04 Å². The molecular weight excluding hydrogens is 283 g/mol. The van der Waals surface area contributed by atoms with Crippen LogP contribution in [0.5, 0.6) is 0 Å². The van der Waals surface area contributed by atoms with Crippen molar-refractivity contribution in [1.29, 1.82) is 0 Å². The number of carbonyl (C=O) groups is 1. The van der Waals surface area contributed by atoms with Gasteiger partial charge in [0.2, 0.25) is 5.91 Å². The predicted octanol–water partition coefficient (Wildman–Crippen LogP) is 4.18. The molecule has 1 unspecified atom stereocenters. The second kappa shape index (κ2) is 5.22. The molecule has 1 aliphatic rings. The molecule has 1 atom stereocenters. The van der Waals surface area contributed by atoms with Gasteiger partial charge in [-0.15, -0.1) is 0 Å². The van der Waals surface area contributed by atoms with Crippen LogP contribution in [0, 0.1) is 5.92 Å². The Morgan fingerprint density at radius 3 is 2.26 bits per heavy atom. The quantitative estimate of drug-likeness (QED) is 0.888. The summed E-state index contributed by atoms with van der Waals surface area (Å²) in [6, 6.07) is 3.39. The Morgan fingerprint density at radius 1 is 1.16 bits per heavy atom. The molecule has 1 heterocycles. The van der Waals surface area contributed by atoms with Crippen LogP contribution >= 0.6 is 23.2 Å². The highest BCUT2D eigenvalue weighted by Gasteiger charge is 2.35. The van der Waals surface area contributed by atoms with Crippen LogP contribution in [0.2, 0.25) is 10.0 Å². The third-order valence-electron chi connectivity index (χ3n) is 3.30. The van der Waals surface area contributed by atoms with Gasteiger partial charge in [-0.3, -0.25) is 4.79 Å². The van der Waals surface area contributed by atoms with E-state index in [1.54, 1.807) is 17.0 Å². The fourth-order valence-corrected chi connectivity index (χ4v) is 2.66. The normalized spacial score (nSPS) is 18.8. The highest BCUT2D eigenvalue weighted by molar-refractivity contribution is 6.42. The minimum absolute atomic E-state index is 0.0758. The first-order chi connectivity index (χ1) is 8.82. The van der Waals surface area contributed by atoms with Crippen LogP contribution in [0.1, 0.15) is 27.7 Å². The summed E-state index contributed by atoms with van der Waals surface area (Å²) in [5, 5.41) is 4.22. The highest BCUT2D eigenvalue weighted by atomic mass is 35.5. The van der Waals surface area contributed by atoms with Gasteiger partial charge in [0.1, 0.15) is 6.04 Å². The van der Waals surface area contributed by atoms with Crippen LogP contribution in [0.4, 0.5) is 11.4 Å². The van der Waals surface area contributed by atoms with Crippen molar-refractivity contribution in [1.82, 2.24) is 0 Å². The molecule has 5 heteroatoms. The summed E-state index contributed by atoms with van der Waals surface area (Å²) in [6.45, 7) is 8.03. The van der Waals surface area contributed by atoms with Crippen LogP contribution in [0.25, 0.3) is 0 Å². The van der Waals surface area contributed by atoms with E-state index >= 15 is 0 Å². The van der Waals surface area contributed by atoms with Crippen molar-refractivity contribution < 1.29 is 4.79 Å². The van der Waals surface area contributed by atoms with Gasteiger partial charge >= 0.3 is 0 Å². The van der Waals surface area contributed by atoms with Gasteiger partial charge in [0.25, 0.3) is 0 Å². The second-order valence-electron chi connectivity index (χ2n) is 5.45. The van der Waals surface area contributed by atoms with E-state index in [-0.39, 0.29) is 23.9 Å². The van der Waals surface area contributed by atoms with Crippen LogP contribution in [-0.4, -0.2) is 18.0 Å². The molecule has 1 amide bonds. The third kappa shape index (κ3) is 2.54. The topological polar surface area (TPSA) is 32.3 Å². The lowest BCUT2D eigenvalue weighted by Gasteiger charge is -2.39. The molecule has 2 rings (SSSR count). The van der Waals surface area contributed by atoms with Crippen LogP contribution in [0.15, 0.2) is 12.1 Å². The number of halogens is 2. The van der Waals surface area contributed by atoms with Crippen LogP contribution < -0.4 is 10.2 Å². The van der Waals surface area contributed by atoms with Crippen molar-refractivity contribution in [3.8, 4) is 0 Å². The van der Waals surface area contributed by atoms with E-state index in [4.69, 9.17) is 23.2 Å². The first-order valence-electron chi connectivity index (χ1n) is 6.41. The number of carbonyl (C=O) groups excluding carboxylic acids is 1. The number of anilines is 2. The lowest BCUT2D eigenvalue weighted by molar-refractivity contribution is -0.120. The van der Waals surface area contributed by atoms with E-state index in [0.29, 0.717) is 10.0 Å². The van der Waals surface area contributed by atoms with Gasteiger partial charge in [-0.1, -0.05) is 37.0 Å². The first-order valence-corrected chi connectivity index (χ1v) is 7.17. The number of hydrogen-bond donors (Lipinski definition) is 1. The largest absolute Gasteiger partial charge is 0.372 e. The fourth-order valence-electron chi connectivity index (χ4n) is 2.33. The highest BCUT2D eigenvalue weighted by Crippen LogP contribution is 2.39.